The van der Waals surface area contributed by atoms with Crippen molar-refractivity contribution in [1.29, 1.82) is 0 Å². The maximum atomic E-state index is 11.9. The second-order valence-electron chi connectivity index (χ2n) is 6.64. The van der Waals surface area contributed by atoms with Crippen LogP contribution < -0.4 is 11.0 Å². The number of aromatic amines is 1. The van der Waals surface area contributed by atoms with Crippen molar-refractivity contribution in [2.24, 2.45) is 0 Å². The second kappa shape index (κ2) is 6.43. The zero-order valence-corrected chi connectivity index (χ0v) is 14.4. The average molecular weight is 340 g/mol. The van der Waals surface area contributed by atoms with Gasteiger partial charge >= 0.3 is 11.8 Å². The van der Waals surface area contributed by atoms with E-state index in [0.29, 0.717) is 12.2 Å². The summed E-state index contributed by atoms with van der Waals surface area (Å²) in [5.41, 5.74) is 0.627. The van der Waals surface area contributed by atoms with Crippen molar-refractivity contribution in [1.82, 2.24) is 19.9 Å². The molecule has 0 atom stereocenters. The number of rotatable bonds is 3. The largest absolute Gasteiger partial charge is 0.444 e. The zero-order valence-electron chi connectivity index (χ0n) is 14.4. The standard InChI is InChI=1S/C18H20N4O3/c1-18(2,3)25-17(24)19-10-6-7-12-11-22-15(20-21-16(22)23)14-9-5-4-8-13(12)14/h4-9,11H,10H2,1-3H3,(H,19,24)(H,21,23)/b7-6+. The van der Waals surface area contributed by atoms with Crippen molar-refractivity contribution < 1.29 is 9.53 Å². The van der Waals surface area contributed by atoms with Gasteiger partial charge in [0.05, 0.1) is 0 Å². The summed E-state index contributed by atoms with van der Waals surface area (Å²) < 4.78 is 6.66. The number of amides is 1. The van der Waals surface area contributed by atoms with Crippen LogP contribution >= 0.6 is 0 Å². The van der Waals surface area contributed by atoms with E-state index >= 15 is 0 Å². The molecule has 2 aromatic heterocycles. The van der Waals surface area contributed by atoms with Gasteiger partial charge in [-0.2, -0.15) is 5.10 Å². The van der Waals surface area contributed by atoms with Crippen LogP contribution in [0, 0.1) is 0 Å². The maximum absolute atomic E-state index is 11.9. The van der Waals surface area contributed by atoms with Gasteiger partial charge in [0.1, 0.15) is 5.60 Å². The van der Waals surface area contributed by atoms with Crippen molar-refractivity contribution in [3.8, 4) is 0 Å². The van der Waals surface area contributed by atoms with Crippen molar-refractivity contribution in [3.05, 3.63) is 52.6 Å². The molecule has 7 nitrogen and oxygen atoms in total. The minimum Gasteiger partial charge on any atom is -0.444 e. The smallest absolute Gasteiger partial charge is 0.407 e. The molecule has 0 aliphatic heterocycles. The highest BCUT2D eigenvalue weighted by Gasteiger charge is 2.15. The minimum absolute atomic E-state index is 0.290. The van der Waals surface area contributed by atoms with Gasteiger partial charge < -0.3 is 10.1 Å². The summed E-state index contributed by atoms with van der Waals surface area (Å²) in [6, 6.07) is 7.72. The van der Waals surface area contributed by atoms with E-state index in [1.807, 2.05) is 57.2 Å². The number of H-pyrrole nitrogens is 1. The lowest BCUT2D eigenvalue weighted by Crippen LogP contribution is -2.32. The Morgan fingerprint density at radius 2 is 2.04 bits per heavy atom. The summed E-state index contributed by atoms with van der Waals surface area (Å²) >= 11 is 0. The Balaban J connectivity index is 1.84. The van der Waals surface area contributed by atoms with Crippen molar-refractivity contribution in [2.75, 3.05) is 6.54 Å². The number of alkyl carbamates (subject to hydrolysis) is 1. The number of nitrogens with one attached hydrogen (secondary N) is 2. The Morgan fingerprint density at radius 3 is 2.76 bits per heavy atom. The van der Waals surface area contributed by atoms with Gasteiger partial charge in [-0.3, -0.25) is 0 Å². The molecule has 0 saturated heterocycles. The number of fused-ring (bicyclic) bond motifs is 3. The SMILES string of the molecule is CC(C)(C)OC(=O)NC/C=C/c1cn2c(=O)[nH]nc2c2ccccc12. The lowest BCUT2D eigenvalue weighted by Gasteiger charge is -2.19. The van der Waals surface area contributed by atoms with Gasteiger partial charge in [0.2, 0.25) is 0 Å². The number of aromatic nitrogens is 3. The molecule has 2 heterocycles. The van der Waals surface area contributed by atoms with Crippen LogP contribution in [-0.4, -0.2) is 32.8 Å². The van der Waals surface area contributed by atoms with Gasteiger partial charge in [-0.1, -0.05) is 36.4 Å². The fraction of sp³-hybridized carbons (Fsp3) is 0.278. The summed E-state index contributed by atoms with van der Waals surface area (Å²) in [7, 11) is 0. The summed E-state index contributed by atoms with van der Waals surface area (Å²) in [4.78, 5) is 23.5. The molecule has 0 radical (unpaired) electrons. The first-order valence-electron chi connectivity index (χ1n) is 7.97. The molecule has 0 saturated carbocycles. The van der Waals surface area contributed by atoms with E-state index in [9.17, 15) is 9.59 Å². The Bertz CT molecular complexity index is 1010. The molecule has 130 valence electrons. The second-order valence-corrected chi connectivity index (χ2v) is 6.64. The van der Waals surface area contributed by atoms with E-state index in [-0.39, 0.29) is 5.69 Å². The van der Waals surface area contributed by atoms with E-state index in [1.165, 1.54) is 4.40 Å². The van der Waals surface area contributed by atoms with Crippen LogP contribution in [0.15, 0.2) is 41.3 Å². The highest BCUT2D eigenvalue weighted by molar-refractivity contribution is 5.98. The van der Waals surface area contributed by atoms with Gasteiger partial charge in [-0.05, 0) is 31.7 Å². The quantitative estimate of drug-likeness (QED) is 0.767. The summed E-state index contributed by atoms with van der Waals surface area (Å²) in [5, 5.41) is 11.0. The fourth-order valence-corrected chi connectivity index (χ4v) is 2.53. The fourth-order valence-electron chi connectivity index (χ4n) is 2.53. The molecule has 7 heteroatoms. The van der Waals surface area contributed by atoms with Crippen molar-refractivity contribution in [3.63, 3.8) is 0 Å². The van der Waals surface area contributed by atoms with E-state index in [0.717, 1.165) is 16.3 Å². The van der Waals surface area contributed by atoms with E-state index in [1.54, 1.807) is 6.20 Å². The third kappa shape index (κ3) is 3.71. The Labute approximate surface area is 144 Å². The molecule has 0 aliphatic rings. The van der Waals surface area contributed by atoms with E-state index < -0.39 is 11.7 Å². The number of carbonyl (C=O) groups excluding carboxylic acids is 1. The molecule has 1 amide bonds. The minimum atomic E-state index is -0.530. The maximum Gasteiger partial charge on any atom is 0.407 e. The number of carbonyl (C=O) groups is 1. The van der Waals surface area contributed by atoms with Crippen molar-refractivity contribution in [2.45, 2.75) is 26.4 Å². The molecule has 3 rings (SSSR count). The van der Waals surface area contributed by atoms with Gasteiger partial charge in [0, 0.05) is 18.1 Å². The third-order valence-corrected chi connectivity index (χ3v) is 3.51. The van der Waals surface area contributed by atoms with Gasteiger partial charge in [0.25, 0.3) is 0 Å². The van der Waals surface area contributed by atoms with Crippen LogP contribution in [0.2, 0.25) is 0 Å². The van der Waals surface area contributed by atoms with Gasteiger partial charge in [0.15, 0.2) is 5.65 Å². The summed E-state index contributed by atoms with van der Waals surface area (Å²) in [5.74, 6) is 0. The molecule has 0 spiro atoms. The predicted octanol–water partition coefficient (Wildman–Crippen LogP) is 2.71. The first-order valence-corrected chi connectivity index (χ1v) is 7.97. The highest BCUT2D eigenvalue weighted by Crippen LogP contribution is 2.22. The molecule has 2 N–H and O–H groups in total. The van der Waals surface area contributed by atoms with Crippen LogP contribution in [0.25, 0.3) is 22.5 Å². The van der Waals surface area contributed by atoms with Gasteiger partial charge in [-0.25, -0.2) is 19.1 Å². The molecule has 1 aromatic carbocycles. The summed E-state index contributed by atoms with van der Waals surface area (Å²) in [6.07, 6.45) is 4.93. The molecule has 3 aromatic rings. The number of benzene rings is 1. The van der Waals surface area contributed by atoms with E-state index in [4.69, 9.17) is 4.74 Å². The number of ether oxygens (including phenoxy) is 1. The normalized spacial score (nSPS) is 12.1. The molecular formula is C18H20N4O3. The first-order chi connectivity index (χ1) is 11.8. The van der Waals surface area contributed by atoms with Crippen LogP contribution in [0.5, 0.6) is 0 Å². The van der Waals surface area contributed by atoms with Crippen LogP contribution in [0.4, 0.5) is 4.79 Å². The molecule has 0 aliphatic carbocycles. The molecule has 0 bridgehead atoms. The van der Waals surface area contributed by atoms with Crippen LogP contribution in [0.3, 0.4) is 0 Å². The molecule has 0 unspecified atom stereocenters. The van der Waals surface area contributed by atoms with Crippen molar-refractivity contribution >= 4 is 28.6 Å². The van der Waals surface area contributed by atoms with E-state index in [2.05, 4.69) is 15.5 Å². The Kier molecular flexibility index (Phi) is 4.31. The third-order valence-electron chi connectivity index (χ3n) is 3.51. The molecular weight excluding hydrogens is 320 g/mol. The van der Waals surface area contributed by atoms with Gasteiger partial charge in [-0.15, -0.1) is 0 Å². The topological polar surface area (TPSA) is 88.5 Å². The predicted molar refractivity (Wildman–Crippen MR) is 96.6 cm³/mol. The Hall–Kier alpha value is -3.09. The number of hydrogen-bond acceptors (Lipinski definition) is 4. The lowest BCUT2D eigenvalue weighted by atomic mass is 10.1. The number of hydrogen-bond donors (Lipinski definition) is 2. The highest BCUT2D eigenvalue weighted by atomic mass is 16.6. The first kappa shape index (κ1) is 16.8. The lowest BCUT2D eigenvalue weighted by molar-refractivity contribution is 0.0534. The average Bonchev–Trinajstić information content (AvgIpc) is 2.91. The zero-order chi connectivity index (χ0) is 18.0. The molecule has 0 fully saturated rings. The van der Waals surface area contributed by atoms with Crippen LogP contribution in [-0.2, 0) is 4.74 Å². The number of nitrogens with zero attached hydrogens (tertiary/aromatic N) is 2. The molecule has 25 heavy (non-hydrogen) atoms. The monoisotopic (exact) mass is 340 g/mol. The van der Waals surface area contributed by atoms with Crippen LogP contribution in [0.1, 0.15) is 26.3 Å². The summed E-state index contributed by atoms with van der Waals surface area (Å²) in [6.45, 7) is 5.76. The Morgan fingerprint density at radius 1 is 1.32 bits per heavy atom. The number of pyridine rings is 1.